The zero-order chi connectivity index (χ0) is 23.5. The van der Waals surface area contributed by atoms with E-state index in [0.717, 1.165) is 36.3 Å². The number of hydrogen-bond acceptors (Lipinski definition) is 5. The minimum atomic E-state index is -0.549. The van der Waals surface area contributed by atoms with Gasteiger partial charge in [-0.3, -0.25) is 14.7 Å². The first-order valence-electron chi connectivity index (χ1n) is 11.2. The highest BCUT2D eigenvalue weighted by molar-refractivity contribution is 6.06. The van der Waals surface area contributed by atoms with E-state index in [9.17, 15) is 14.0 Å². The van der Waals surface area contributed by atoms with Gasteiger partial charge in [0.1, 0.15) is 5.82 Å². The molecule has 3 aromatic carbocycles. The topological polar surface area (TPSA) is 59.5 Å². The minimum Gasteiger partial charge on any atom is -0.454 e. The summed E-state index contributed by atoms with van der Waals surface area (Å²) in [4.78, 5) is 32.9. The number of nitrogens with zero attached hydrogens (tertiary/aromatic N) is 2. The summed E-state index contributed by atoms with van der Waals surface area (Å²) >= 11 is 0. The lowest BCUT2D eigenvalue weighted by Crippen LogP contribution is -2.32. The van der Waals surface area contributed by atoms with Crippen LogP contribution in [0.5, 0.6) is 0 Å². The summed E-state index contributed by atoms with van der Waals surface area (Å²) in [5.41, 5.74) is 4.43. The van der Waals surface area contributed by atoms with E-state index in [2.05, 4.69) is 17.0 Å². The van der Waals surface area contributed by atoms with Gasteiger partial charge in [-0.15, -0.1) is 0 Å². The van der Waals surface area contributed by atoms with Crippen LogP contribution in [0.2, 0.25) is 0 Å². The second-order valence-corrected chi connectivity index (χ2v) is 8.38. The fourth-order valence-electron chi connectivity index (χ4n) is 4.38. The van der Waals surface area contributed by atoms with Crippen molar-refractivity contribution < 1.29 is 18.7 Å². The Morgan fingerprint density at radius 2 is 1.68 bits per heavy atom. The van der Waals surface area contributed by atoms with Crippen molar-refractivity contribution in [1.82, 2.24) is 9.88 Å². The number of carbonyl (C=O) groups is 2. The first-order chi connectivity index (χ1) is 16.6. The number of ketones is 1. The number of benzene rings is 3. The first-order valence-corrected chi connectivity index (χ1v) is 11.2. The van der Waals surface area contributed by atoms with Crippen LogP contribution in [0.25, 0.3) is 10.9 Å². The van der Waals surface area contributed by atoms with Crippen LogP contribution in [0.3, 0.4) is 0 Å². The van der Waals surface area contributed by atoms with Crippen LogP contribution in [-0.4, -0.2) is 34.8 Å². The van der Waals surface area contributed by atoms with E-state index >= 15 is 0 Å². The van der Waals surface area contributed by atoms with Gasteiger partial charge in [0.2, 0.25) is 0 Å². The molecule has 0 atom stereocenters. The lowest BCUT2D eigenvalue weighted by molar-refractivity contribution is 0.0473. The van der Waals surface area contributed by atoms with Gasteiger partial charge in [-0.1, -0.05) is 48.5 Å². The molecule has 0 N–H and O–H groups in total. The Labute approximate surface area is 196 Å². The molecule has 34 heavy (non-hydrogen) atoms. The Kier molecular flexibility index (Phi) is 6.14. The lowest BCUT2D eigenvalue weighted by Gasteiger charge is -2.30. The van der Waals surface area contributed by atoms with Gasteiger partial charge in [-0.25, -0.2) is 9.18 Å². The van der Waals surface area contributed by atoms with E-state index in [0.29, 0.717) is 23.1 Å². The molecule has 1 aliphatic rings. The average Bonchev–Trinajstić information content (AvgIpc) is 2.86. The van der Waals surface area contributed by atoms with Crippen LogP contribution in [-0.2, 0) is 24.2 Å². The fraction of sp³-hybridized carbons (Fsp3) is 0.179. The molecule has 5 nitrogen and oxygen atoms in total. The Morgan fingerprint density at radius 3 is 2.47 bits per heavy atom. The first kappa shape index (κ1) is 21.9. The summed E-state index contributed by atoms with van der Waals surface area (Å²) in [5.74, 6) is -1.36. The van der Waals surface area contributed by atoms with Gasteiger partial charge in [0.05, 0.1) is 11.1 Å². The number of halogens is 1. The van der Waals surface area contributed by atoms with Crippen molar-refractivity contribution in [1.29, 1.82) is 0 Å². The van der Waals surface area contributed by atoms with Crippen molar-refractivity contribution in [2.24, 2.45) is 0 Å². The summed E-state index contributed by atoms with van der Waals surface area (Å²) in [7, 11) is 0. The zero-order valence-electron chi connectivity index (χ0n) is 18.5. The number of pyridine rings is 1. The predicted molar refractivity (Wildman–Crippen MR) is 127 cm³/mol. The number of rotatable bonds is 6. The summed E-state index contributed by atoms with van der Waals surface area (Å²) < 4.78 is 18.6. The quantitative estimate of drug-likeness (QED) is 0.304. The molecule has 0 aliphatic carbocycles. The Morgan fingerprint density at radius 1 is 0.941 bits per heavy atom. The van der Waals surface area contributed by atoms with E-state index in [-0.39, 0.29) is 5.78 Å². The van der Waals surface area contributed by atoms with E-state index in [1.54, 1.807) is 0 Å². The highest BCUT2D eigenvalue weighted by Gasteiger charge is 2.27. The monoisotopic (exact) mass is 454 g/mol. The van der Waals surface area contributed by atoms with Gasteiger partial charge in [0.15, 0.2) is 12.4 Å². The van der Waals surface area contributed by atoms with Crippen molar-refractivity contribution >= 4 is 22.7 Å². The number of ether oxygens (including phenoxy) is 1. The third-order valence-electron chi connectivity index (χ3n) is 6.08. The van der Waals surface area contributed by atoms with Crippen LogP contribution in [0.4, 0.5) is 4.39 Å². The number of esters is 1. The zero-order valence-corrected chi connectivity index (χ0v) is 18.5. The maximum atomic E-state index is 13.3. The second-order valence-electron chi connectivity index (χ2n) is 8.38. The van der Waals surface area contributed by atoms with Crippen molar-refractivity contribution in [2.75, 3.05) is 13.2 Å². The molecular weight excluding hydrogens is 431 g/mol. The molecule has 1 aromatic heterocycles. The highest BCUT2D eigenvalue weighted by Crippen LogP contribution is 2.29. The third-order valence-corrected chi connectivity index (χ3v) is 6.08. The molecule has 1 aliphatic heterocycles. The van der Waals surface area contributed by atoms with Crippen molar-refractivity contribution in [3.8, 4) is 0 Å². The predicted octanol–water partition coefficient (Wildman–Crippen LogP) is 4.97. The molecule has 0 radical (unpaired) electrons. The molecule has 2 heterocycles. The van der Waals surface area contributed by atoms with E-state index in [1.807, 2.05) is 42.5 Å². The molecular formula is C28H23FN2O3. The SMILES string of the molecule is O=C(COC(=O)c1c2c(nc3ccccc13)CCN(Cc1ccccc1)C2)c1ccc(F)cc1. The molecule has 0 bridgehead atoms. The molecule has 0 saturated heterocycles. The Bertz CT molecular complexity index is 1350. The van der Waals surface area contributed by atoms with E-state index in [1.165, 1.54) is 29.8 Å². The molecule has 4 aromatic rings. The highest BCUT2D eigenvalue weighted by atomic mass is 19.1. The molecule has 170 valence electrons. The maximum Gasteiger partial charge on any atom is 0.339 e. The van der Waals surface area contributed by atoms with Crippen LogP contribution in [0.15, 0.2) is 78.9 Å². The average molecular weight is 455 g/mol. The second kappa shape index (κ2) is 9.53. The van der Waals surface area contributed by atoms with Crippen LogP contribution in [0.1, 0.15) is 37.5 Å². The molecule has 6 heteroatoms. The van der Waals surface area contributed by atoms with Gasteiger partial charge in [0.25, 0.3) is 0 Å². The lowest BCUT2D eigenvalue weighted by atomic mass is 9.95. The van der Waals surface area contributed by atoms with Gasteiger partial charge in [0, 0.05) is 48.3 Å². The third kappa shape index (κ3) is 4.58. The van der Waals surface area contributed by atoms with E-state index < -0.39 is 18.4 Å². The van der Waals surface area contributed by atoms with Crippen molar-refractivity contribution in [2.45, 2.75) is 19.5 Å². The normalized spacial score (nSPS) is 13.4. The van der Waals surface area contributed by atoms with Crippen molar-refractivity contribution in [3.63, 3.8) is 0 Å². The number of Topliss-reactive ketones (excluding diaryl/α,β-unsaturated/α-hetero) is 1. The van der Waals surface area contributed by atoms with Gasteiger partial charge in [-0.05, 0) is 35.9 Å². The number of fused-ring (bicyclic) bond motifs is 2. The van der Waals surface area contributed by atoms with E-state index in [4.69, 9.17) is 9.72 Å². The maximum absolute atomic E-state index is 13.3. The summed E-state index contributed by atoms with van der Waals surface area (Å²) in [6, 6.07) is 22.9. The number of hydrogen-bond donors (Lipinski definition) is 0. The summed E-state index contributed by atoms with van der Waals surface area (Å²) in [5, 5.41) is 0.710. The number of aromatic nitrogens is 1. The van der Waals surface area contributed by atoms with Crippen LogP contribution >= 0.6 is 0 Å². The Hall–Kier alpha value is -3.90. The fourth-order valence-corrected chi connectivity index (χ4v) is 4.38. The number of carbonyl (C=O) groups excluding carboxylic acids is 2. The Balaban J connectivity index is 1.42. The van der Waals surface area contributed by atoms with Gasteiger partial charge < -0.3 is 4.74 Å². The number of para-hydroxylation sites is 1. The van der Waals surface area contributed by atoms with Gasteiger partial charge in [-0.2, -0.15) is 0 Å². The molecule has 0 amide bonds. The van der Waals surface area contributed by atoms with Gasteiger partial charge >= 0.3 is 5.97 Å². The molecule has 5 rings (SSSR count). The molecule has 0 saturated carbocycles. The molecule has 0 spiro atoms. The smallest absolute Gasteiger partial charge is 0.339 e. The largest absolute Gasteiger partial charge is 0.454 e. The molecule has 0 fully saturated rings. The summed E-state index contributed by atoms with van der Waals surface area (Å²) in [6.07, 6.45) is 0.724. The summed E-state index contributed by atoms with van der Waals surface area (Å²) in [6.45, 7) is 1.76. The minimum absolute atomic E-state index is 0.296. The van der Waals surface area contributed by atoms with Crippen LogP contribution < -0.4 is 0 Å². The molecule has 0 unspecified atom stereocenters. The standard InChI is InChI=1S/C28H23FN2O3/c29-21-12-10-20(11-13-21)26(32)18-34-28(33)27-22-8-4-5-9-24(22)30-25-14-15-31(17-23(25)27)16-19-6-2-1-3-7-19/h1-13H,14-18H2. The van der Waals surface area contributed by atoms with Crippen LogP contribution in [0, 0.1) is 5.82 Å². The van der Waals surface area contributed by atoms with Crippen molar-refractivity contribution in [3.05, 3.63) is 113 Å².